The summed E-state index contributed by atoms with van der Waals surface area (Å²) in [5.41, 5.74) is 2.20. The SMILES string of the molecule is CC(=O)N1CCN(Cc2ccc3c(c2)CN(C(=O)C2CC(=O)N(C(C)C)C2)CCO3)CC1. The summed E-state index contributed by atoms with van der Waals surface area (Å²) in [6, 6.07) is 6.35. The summed E-state index contributed by atoms with van der Waals surface area (Å²) < 4.78 is 5.93. The molecule has 0 aromatic heterocycles. The van der Waals surface area contributed by atoms with Gasteiger partial charge >= 0.3 is 0 Å². The van der Waals surface area contributed by atoms with E-state index in [-0.39, 0.29) is 29.7 Å². The minimum Gasteiger partial charge on any atom is -0.491 e. The number of rotatable bonds is 4. The first-order valence-electron chi connectivity index (χ1n) is 11.6. The maximum absolute atomic E-state index is 13.2. The van der Waals surface area contributed by atoms with Gasteiger partial charge in [-0.2, -0.15) is 0 Å². The number of piperazine rings is 1. The first kappa shape index (κ1) is 22.6. The fourth-order valence-corrected chi connectivity index (χ4v) is 4.87. The van der Waals surface area contributed by atoms with Crippen LogP contribution in [0.4, 0.5) is 0 Å². The lowest BCUT2D eigenvalue weighted by molar-refractivity contribution is -0.136. The van der Waals surface area contributed by atoms with Gasteiger partial charge in [0.05, 0.1) is 12.5 Å². The van der Waals surface area contributed by atoms with Crippen molar-refractivity contribution in [2.24, 2.45) is 5.92 Å². The van der Waals surface area contributed by atoms with Crippen molar-refractivity contribution in [2.75, 3.05) is 45.9 Å². The van der Waals surface area contributed by atoms with Gasteiger partial charge in [0.25, 0.3) is 0 Å². The van der Waals surface area contributed by atoms with Crippen molar-refractivity contribution < 1.29 is 19.1 Å². The molecule has 0 N–H and O–H groups in total. The third-order valence-corrected chi connectivity index (χ3v) is 6.77. The molecule has 8 nitrogen and oxygen atoms in total. The van der Waals surface area contributed by atoms with Crippen LogP contribution in [0.25, 0.3) is 0 Å². The van der Waals surface area contributed by atoms with Gasteiger partial charge in [0, 0.05) is 70.8 Å². The van der Waals surface area contributed by atoms with Gasteiger partial charge in [-0.1, -0.05) is 6.07 Å². The summed E-state index contributed by atoms with van der Waals surface area (Å²) in [6.07, 6.45) is 0.299. The number of fused-ring (bicyclic) bond motifs is 1. The highest BCUT2D eigenvalue weighted by atomic mass is 16.5. The molecule has 4 rings (SSSR count). The number of hydrogen-bond donors (Lipinski definition) is 0. The van der Waals surface area contributed by atoms with Gasteiger partial charge in [-0.15, -0.1) is 0 Å². The van der Waals surface area contributed by atoms with Crippen molar-refractivity contribution in [1.82, 2.24) is 19.6 Å². The zero-order chi connectivity index (χ0) is 22.8. The molecular formula is C24H34N4O4. The van der Waals surface area contributed by atoms with Gasteiger partial charge in [-0.3, -0.25) is 19.3 Å². The second kappa shape index (κ2) is 9.48. The number of nitrogens with zero attached hydrogens (tertiary/aromatic N) is 4. The molecule has 0 bridgehead atoms. The van der Waals surface area contributed by atoms with Crippen molar-refractivity contribution >= 4 is 17.7 Å². The Kier molecular flexibility index (Phi) is 6.69. The topological polar surface area (TPSA) is 73.4 Å². The van der Waals surface area contributed by atoms with Crippen LogP contribution in [0.3, 0.4) is 0 Å². The van der Waals surface area contributed by atoms with E-state index in [1.807, 2.05) is 29.7 Å². The van der Waals surface area contributed by atoms with Crippen LogP contribution in [0.1, 0.15) is 38.3 Å². The van der Waals surface area contributed by atoms with Crippen LogP contribution in [-0.4, -0.2) is 89.2 Å². The molecule has 174 valence electrons. The van der Waals surface area contributed by atoms with E-state index < -0.39 is 0 Å². The Bertz CT molecular complexity index is 879. The predicted octanol–water partition coefficient (Wildman–Crippen LogP) is 1.33. The maximum Gasteiger partial charge on any atom is 0.228 e. The molecule has 32 heavy (non-hydrogen) atoms. The van der Waals surface area contributed by atoms with Crippen molar-refractivity contribution in [3.05, 3.63) is 29.3 Å². The van der Waals surface area contributed by atoms with Crippen LogP contribution in [0.2, 0.25) is 0 Å². The highest BCUT2D eigenvalue weighted by molar-refractivity contribution is 5.89. The summed E-state index contributed by atoms with van der Waals surface area (Å²) in [5.74, 6) is 0.807. The lowest BCUT2D eigenvalue weighted by Gasteiger charge is -2.34. The number of ether oxygens (including phenoxy) is 1. The number of likely N-dealkylation sites (tertiary alicyclic amines) is 1. The normalized spacial score (nSPS) is 22.1. The van der Waals surface area contributed by atoms with E-state index >= 15 is 0 Å². The Morgan fingerprint density at radius 3 is 2.50 bits per heavy atom. The van der Waals surface area contributed by atoms with Crippen molar-refractivity contribution in [1.29, 1.82) is 0 Å². The number of amides is 3. The van der Waals surface area contributed by atoms with Crippen LogP contribution >= 0.6 is 0 Å². The fraction of sp³-hybridized carbons (Fsp3) is 0.625. The van der Waals surface area contributed by atoms with Gasteiger partial charge in [-0.05, 0) is 31.5 Å². The molecule has 3 amide bonds. The highest BCUT2D eigenvalue weighted by Gasteiger charge is 2.38. The van der Waals surface area contributed by atoms with Crippen molar-refractivity contribution in [3.8, 4) is 5.75 Å². The third kappa shape index (κ3) is 4.90. The second-order valence-corrected chi connectivity index (χ2v) is 9.37. The minimum atomic E-state index is -0.271. The molecule has 2 saturated heterocycles. The molecule has 1 atom stereocenters. The average Bonchev–Trinajstić information content (AvgIpc) is 3.03. The molecular weight excluding hydrogens is 408 g/mol. The highest BCUT2D eigenvalue weighted by Crippen LogP contribution is 2.28. The van der Waals surface area contributed by atoms with E-state index in [4.69, 9.17) is 4.74 Å². The summed E-state index contributed by atoms with van der Waals surface area (Å²) in [6.45, 7) is 11.7. The Morgan fingerprint density at radius 1 is 1.09 bits per heavy atom. The van der Waals surface area contributed by atoms with E-state index in [1.165, 1.54) is 5.56 Å². The van der Waals surface area contributed by atoms with Gasteiger partial charge in [-0.25, -0.2) is 0 Å². The summed E-state index contributed by atoms with van der Waals surface area (Å²) in [7, 11) is 0. The first-order chi connectivity index (χ1) is 15.3. The zero-order valence-corrected chi connectivity index (χ0v) is 19.4. The number of benzene rings is 1. The third-order valence-electron chi connectivity index (χ3n) is 6.77. The zero-order valence-electron chi connectivity index (χ0n) is 19.4. The average molecular weight is 443 g/mol. The molecule has 1 aromatic carbocycles. The van der Waals surface area contributed by atoms with Crippen LogP contribution in [-0.2, 0) is 27.5 Å². The Hall–Kier alpha value is -2.61. The molecule has 0 radical (unpaired) electrons. The van der Waals surface area contributed by atoms with E-state index in [0.29, 0.717) is 32.7 Å². The van der Waals surface area contributed by atoms with Crippen LogP contribution < -0.4 is 4.74 Å². The number of hydrogen-bond acceptors (Lipinski definition) is 5. The molecule has 1 unspecified atom stereocenters. The quantitative estimate of drug-likeness (QED) is 0.704. The van der Waals surface area contributed by atoms with E-state index in [2.05, 4.69) is 17.0 Å². The largest absolute Gasteiger partial charge is 0.491 e. The van der Waals surface area contributed by atoms with Gasteiger partial charge < -0.3 is 19.4 Å². The molecule has 0 spiro atoms. The molecule has 8 heteroatoms. The lowest BCUT2D eigenvalue weighted by atomic mass is 10.1. The Morgan fingerprint density at radius 2 is 1.84 bits per heavy atom. The lowest BCUT2D eigenvalue weighted by Crippen LogP contribution is -2.47. The molecule has 3 aliphatic heterocycles. The molecule has 3 heterocycles. The van der Waals surface area contributed by atoms with E-state index in [1.54, 1.807) is 11.8 Å². The van der Waals surface area contributed by atoms with Crippen molar-refractivity contribution in [3.63, 3.8) is 0 Å². The molecule has 0 aliphatic carbocycles. The fourth-order valence-electron chi connectivity index (χ4n) is 4.87. The number of carbonyl (C=O) groups is 3. The van der Waals surface area contributed by atoms with E-state index in [0.717, 1.165) is 44.0 Å². The molecule has 3 aliphatic rings. The predicted molar refractivity (Wildman–Crippen MR) is 120 cm³/mol. The van der Waals surface area contributed by atoms with Gasteiger partial charge in [0.15, 0.2) is 0 Å². The second-order valence-electron chi connectivity index (χ2n) is 9.37. The van der Waals surface area contributed by atoms with Gasteiger partial charge in [0.2, 0.25) is 17.7 Å². The Balaban J connectivity index is 1.41. The smallest absolute Gasteiger partial charge is 0.228 e. The van der Waals surface area contributed by atoms with Crippen LogP contribution in [0, 0.1) is 5.92 Å². The van der Waals surface area contributed by atoms with Crippen LogP contribution in [0.15, 0.2) is 18.2 Å². The van der Waals surface area contributed by atoms with Gasteiger partial charge in [0.1, 0.15) is 12.4 Å². The monoisotopic (exact) mass is 442 g/mol. The summed E-state index contributed by atoms with van der Waals surface area (Å²) in [4.78, 5) is 44.9. The van der Waals surface area contributed by atoms with Crippen molar-refractivity contribution in [2.45, 2.75) is 46.3 Å². The molecule has 1 aromatic rings. The number of carbonyl (C=O) groups excluding carboxylic acids is 3. The minimum absolute atomic E-state index is 0.0451. The summed E-state index contributed by atoms with van der Waals surface area (Å²) >= 11 is 0. The molecule has 0 saturated carbocycles. The van der Waals surface area contributed by atoms with Crippen LogP contribution in [0.5, 0.6) is 5.75 Å². The first-order valence-corrected chi connectivity index (χ1v) is 11.6. The molecule has 2 fully saturated rings. The Labute approximate surface area is 190 Å². The standard InChI is InChI=1S/C24H34N4O4/c1-17(2)28-16-21(13-23(28)30)24(31)27-10-11-32-22-5-4-19(12-20(22)15-27)14-25-6-8-26(9-7-25)18(3)29/h4-5,12,17,21H,6-11,13-16H2,1-3H3. The van der Waals surface area contributed by atoms with E-state index in [9.17, 15) is 14.4 Å². The maximum atomic E-state index is 13.2. The summed E-state index contributed by atoms with van der Waals surface area (Å²) in [5, 5.41) is 0.